The molecule has 0 saturated carbocycles. The highest BCUT2D eigenvalue weighted by atomic mass is 31.1. The van der Waals surface area contributed by atoms with Gasteiger partial charge in [0, 0.05) is 0 Å². The maximum Gasteiger partial charge on any atom is 0.415 e. The van der Waals surface area contributed by atoms with E-state index in [0.29, 0.717) is 0 Å². The normalized spacial score (nSPS) is 9.00. The van der Waals surface area contributed by atoms with Crippen molar-refractivity contribution in [2.75, 3.05) is 0 Å². The minimum atomic E-state index is -1.42. The molecular formula is C15H16O2P+. The summed E-state index contributed by atoms with van der Waals surface area (Å²) in [6.45, 7) is 3.06. The Morgan fingerprint density at radius 1 is 0.778 bits per heavy atom. The minimum absolute atomic E-state index is 0.167. The summed E-state index contributed by atoms with van der Waals surface area (Å²) < 4.78 is 12.0. The number of Topliss-reactive ketones (excluding diaryl/α,β-unsaturated/α-hetero) is 1. The van der Waals surface area contributed by atoms with E-state index < -0.39 is 7.80 Å². The highest BCUT2D eigenvalue weighted by molar-refractivity contribution is 7.61. The lowest BCUT2D eigenvalue weighted by atomic mass is 10.4. The molecule has 0 atom stereocenters. The van der Waals surface area contributed by atoms with Gasteiger partial charge in [0.05, 0.1) is 0 Å². The van der Waals surface area contributed by atoms with Crippen molar-refractivity contribution in [1.29, 1.82) is 0 Å². The zero-order chi connectivity index (χ0) is 13.4. The zero-order valence-electron chi connectivity index (χ0n) is 10.5. The van der Waals surface area contributed by atoms with Gasteiger partial charge in [-0.2, -0.15) is 0 Å². The number of rotatable bonds is 2. The summed E-state index contributed by atoms with van der Waals surface area (Å²) in [7, 11) is -1.42. The van der Waals surface area contributed by atoms with Crippen molar-refractivity contribution < 1.29 is 9.36 Å². The fourth-order valence-electron chi connectivity index (χ4n) is 1.28. The molecule has 18 heavy (non-hydrogen) atoms. The van der Waals surface area contributed by atoms with Gasteiger partial charge in [-0.15, -0.1) is 0 Å². The van der Waals surface area contributed by atoms with Crippen molar-refractivity contribution in [3.8, 4) is 0 Å². The molecule has 0 bridgehead atoms. The number of benzene rings is 2. The number of carbonyl (C=O) groups is 1. The quantitative estimate of drug-likeness (QED) is 0.777. The van der Waals surface area contributed by atoms with Crippen molar-refractivity contribution in [1.82, 2.24) is 0 Å². The van der Waals surface area contributed by atoms with Crippen molar-refractivity contribution >= 4 is 24.2 Å². The average Bonchev–Trinajstić information content (AvgIpc) is 2.39. The van der Waals surface area contributed by atoms with Gasteiger partial charge in [0.1, 0.15) is 5.78 Å². The van der Waals surface area contributed by atoms with E-state index >= 15 is 0 Å². The number of hydrogen-bond acceptors (Lipinski definition) is 2. The van der Waals surface area contributed by atoms with E-state index in [2.05, 4.69) is 0 Å². The van der Waals surface area contributed by atoms with E-state index in [-0.39, 0.29) is 5.78 Å². The standard InChI is InChI=1S/C12H10OP.C3H6O/c13-14(11-7-3-1-4-8-11)12-9-5-2-6-10-12;1-3(2)4/h1-10H;1-2H3/q+1;. The van der Waals surface area contributed by atoms with Crippen LogP contribution in [0.4, 0.5) is 0 Å². The molecule has 0 unspecified atom stereocenters. The first-order valence-corrected chi connectivity index (χ1v) is 6.91. The molecule has 0 aliphatic heterocycles. The lowest BCUT2D eigenvalue weighted by Crippen LogP contribution is -2.04. The summed E-state index contributed by atoms with van der Waals surface area (Å²) in [4.78, 5) is 9.44. The van der Waals surface area contributed by atoms with Gasteiger partial charge in [0.15, 0.2) is 10.6 Å². The number of carbonyl (C=O) groups excluding carboxylic acids is 1. The van der Waals surface area contributed by atoms with Crippen LogP contribution in [0.15, 0.2) is 60.7 Å². The predicted octanol–water partition coefficient (Wildman–Crippen LogP) is 3.06. The molecule has 0 aromatic heterocycles. The monoisotopic (exact) mass is 259 g/mol. The van der Waals surface area contributed by atoms with Crippen LogP contribution in [-0.4, -0.2) is 5.78 Å². The maximum atomic E-state index is 12.0. The third-order valence-corrected chi connectivity index (χ3v) is 3.52. The first kappa shape index (κ1) is 14.3. The summed E-state index contributed by atoms with van der Waals surface area (Å²) in [5, 5.41) is 1.77. The Hall–Kier alpha value is -1.79. The molecule has 0 fully saturated rings. The maximum absolute atomic E-state index is 12.0. The second kappa shape index (κ2) is 7.52. The van der Waals surface area contributed by atoms with Crippen LogP contribution in [-0.2, 0) is 9.36 Å². The Morgan fingerprint density at radius 3 is 1.33 bits per heavy atom. The van der Waals surface area contributed by atoms with Crippen molar-refractivity contribution in [3.05, 3.63) is 60.7 Å². The van der Waals surface area contributed by atoms with E-state index in [1.807, 2.05) is 60.7 Å². The van der Waals surface area contributed by atoms with Gasteiger partial charge in [-0.1, -0.05) is 41.0 Å². The number of ketones is 1. The molecule has 2 nitrogen and oxygen atoms in total. The van der Waals surface area contributed by atoms with Gasteiger partial charge in [-0.25, -0.2) is 0 Å². The Kier molecular flexibility index (Phi) is 5.96. The smallest absolute Gasteiger partial charge is 0.300 e. The van der Waals surface area contributed by atoms with Crippen LogP contribution < -0.4 is 10.6 Å². The molecule has 0 amide bonds. The average molecular weight is 259 g/mol. The molecule has 0 radical (unpaired) electrons. The van der Waals surface area contributed by atoms with Crippen LogP contribution in [0.25, 0.3) is 0 Å². The van der Waals surface area contributed by atoms with E-state index in [0.717, 1.165) is 10.6 Å². The molecule has 0 heterocycles. The van der Waals surface area contributed by atoms with Gasteiger partial charge in [-0.05, 0) is 38.1 Å². The first-order valence-electron chi connectivity index (χ1n) is 5.66. The van der Waals surface area contributed by atoms with Gasteiger partial charge in [-0.3, -0.25) is 0 Å². The largest absolute Gasteiger partial charge is 0.415 e. The van der Waals surface area contributed by atoms with Gasteiger partial charge >= 0.3 is 7.80 Å². The lowest BCUT2D eigenvalue weighted by molar-refractivity contribution is -0.114. The predicted molar refractivity (Wildman–Crippen MR) is 76.1 cm³/mol. The van der Waals surface area contributed by atoms with Crippen LogP contribution in [0.5, 0.6) is 0 Å². The molecule has 0 aliphatic rings. The van der Waals surface area contributed by atoms with E-state index in [4.69, 9.17) is 0 Å². The van der Waals surface area contributed by atoms with Crippen molar-refractivity contribution in [2.45, 2.75) is 13.8 Å². The molecule has 92 valence electrons. The summed E-state index contributed by atoms with van der Waals surface area (Å²) in [6.07, 6.45) is 0. The Bertz CT molecular complexity index is 461. The van der Waals surface area contributed by atoms with Crippen LogP contribution in [0.1, 0.15) is 13.8 Å². The minimum Gasteiger partial charge on any atom is -0.300 e. The van der Waals surface area contributed by atoms with Gasteiger partial charge in [0.2, 0.25) is 0 Å². The molecule has 2 aromatic rings. The molecule has 0 N–H and O–H groups in total. The van der Waals surface area contributed by atoms with Gasteiger partial charge in [0.25, 0.3) is 0 Å². The summed E-state index contributed by atoms with van der Waals surface area (Å²) in [6, 6.07) is 19.1. The zero-order valence-corrected chi connectivity index (χ0v) is 11.4. The van der Waals surface area contributed by atoms with Crippen LogP contribution in [0, 0.1) is 0 Å². The molecule has 0 saturated heterocycles. The van der Waals surface area contributed by atoms with Crippen LogP contribution in [0.2, 0.25) is 0 Å². The summed E-state index contributed by atoms with van der Waals surface area (Å²) in [5.74, 6) is 0.167. The first-order chi connectivity index (χ1) is 8.61. The molecule has 3 heteroatoms. The third kappa shape index (κ3) is 5.03. The molecule has 2 aromatic carbocycles. The fraction of sp³-hybridized carbons (Fsp3) is 0.133. The summed E-state index contributed by atoms with van der Waals surface area (Å²) >= 11 is 0. The fourth-order valence-corrected chi connectivity index (χ4v) is 2.46. The van der Waals surface area contributed by atoms with E-state index in [9.17, 15) is 9.36 Å². The Balaban J connectivity index is 0.000000357. The SMILES string of the molecule is CC(C)=O.O=[P+](c1ccccc1)c1ccccc1. The third-order valence-electron chi connectivity index (χ3n) is 1.98. The highest BCUT2D eigenvalue weighted by Crippen LogP contribution is 2.18. The Morgan fingerprint density at radius 2 is 1.06 bits per heavy atom. The Labute approximate surface area is 108 Å². The van der Waals surface area contributed by atoms with E-state index in [1.165, 1.54) is 13.8 Å². The van der Waals surface area contributed by atoms with Gasteiger partial charge < -0.3 is 4.79 Å². The van der Waals surface area contributed by atoms with Crippen molar-refractivity contribution in [2.24, 2.45) is 0 Å². The molecule has 0 aliphatic carbocycles. The topological polar surface area (TPSA) is 34.1 Å². The summed E-state index contributed by atoms with van der Waals surface area (Å²) in [5.41, 5.74) is 0. The highest BCUT2D eigenvalue weighted by Gasteiger charge is 2.21. The van der Waals surface area contributed by atoms with Crippen molar-refractivity contribution in [3.63, 3.8) is 0 Å². The molecule has 0 spiro atoms. The van der Waals surface area contributed by atoms with Crippen LogP contribution >= 0.6 is 7.80 Å². The molecular weight excluding hydrogens is 243 g/mol. The second-order valence-electron chi connectivity index (χ2n) is 3.87. The lowest BCUT2D eigenvalue weighted by Gasteiger charge is -1.87. The number of hydrogen-bond donors (Lipinski definition) is 0. The second-order valence-corrected chi connectivity index (χ2v) is 5.50. The molecule has 2 rings (SSSR count). The van der Waals surface area contributed by atoms with Crippen LogP contribution in [0.3, 0.4) is 0 Å². The van der Waals surface area contributed by atoms with E-state index in [1.54, 1.807) is 0 Å².